The lowest BCUT2D eigenvalue weighted by molar-refractivity contribution is -0.135. The Kier molecular flexibility index (Phi) is 6.80. The normalized spacial score (nSPS) is 11.3. The molecule has 0 saturated carbocycles. The summed E-state index contributed by atoms with van der Waals surface area (Å²) < 4.78 is 64.6. The van der Waals surface area contributed by atoms with Crippen molar-refractivity contribution in [3.63, 3.8) is 0 Å². The summed E-state index contributed by atoms with van der Waals surface area (Å²) >= 11 is 0.949. The van der Waals surface area contributed by atoms with E-state index in [9.17, 15) is 21.4 Å². The molecule has 136 valence electrons. The van der Waals surface area contributed by atoms with Gasteiger partial charge in [0.05, 0.1) is 0 Å². The molecule has 0 aromatic heterocycles. The average Bonchev–Trinajstić information content (AvgIpc) is 2.44. The van der Waals surface area contributed by atoms with Gasteiger partial charge in [-0.3, -0.25) is 14.0 Å². The zero-order valence-corrected chi connectivity index (χ0v) is 14.9. The van der Waals surface area contributed by atoms with E-state index >= 15 is 0 Å². The summed E-state index contributed by atoms with van der Waals surface area (Å²) in [5, 5.41) is 3.30. The summed E-state index contributed by atoms with van der Waals surface area (Å²) in [7, 11) is -9.10. The Labute approximate surface area is 147 Å². The smallest absolute Gasteiger partial charge is 0.412 e. The maximum absolute atomic E-state index is 11.5. The van der Waals surface area contributed by atoms with Crippen LogP contribution in [-0.4, -0.2) is 31.4 Å². The Morgan fingerprint density at radius 3 is 2.36 bits per heavy atom. The summed E-state index contributed by atoms with van der Waals surface area (Å²) in [6.45, 7) is 1.57. The van der Waals surface area contributed by atoms with Crippen molar-refractivity contribution < 1.29 is 40.6 Å². The lowest BCUT2D eigenvalue weighted by Gasteiger charge is -2.08. The van der Waals surface area contributed by atoms with Crippen LogP contribution >= 0.6 is 11.8 Å². The van der Waals surface area contributed by atoms with Crippen LogP contribution < -0.4 is 0 Å². The molecule has 9 nitrogen and oxygen atoms in total. The fraction of sp³-hybridized carbons (Fsp3) is 0.0769. The minimum atomic E-state index is -4.74. The van der Waals surface area contributed by atoms with Gasteiger partial charge in [-0.05, 0) is 46.1 Å². The number of hydrogen-bond acceptors (Lipinski definition) is 7. The molecule has 0 bridgehead atoms. The van der Waals surface area contributed by atoms with Gasteiger partial charge in [0.1, 0.15) is 4.90 Å². The molecule has 4 N–H and O–H groups in total. The number of rotatable bonds is 4. The zero-order valence-electron chi connectivity index (χ0n) is 12.5. The average molecular weight is 408 g/mol. The van der Waals surface area contributed by atoms with E-state index in [1.807, 2.05) is 6.11 Å². The van der Waals surface area contributed by atoms with Crippen LogP contribution in [0.2, 0.25) is 0 Å². The van der Waals surface area contributed by atoms with Crippen molar-refractivity contribution in [2.75, 3.05) is 0 Å². The molecule has 0 radical (unpaired) electrons. The first-order valence-corrected chi connectivity index (χ1v) is 9.70. The third kappa shape index (κ3) is 5.87. The number of thioether (sulfide) groups is 1. The SMILES string of the molecule is Cc1ccc2cc(SC#COOS(=O)(=O)O)ccc2c1S(=O)(=O)O.O. The second-order valence-electron chi connectivity index (χ2n) is 4.45. The summed E-state index contributed by atoms with van der Waals surface area (Å²) in [5.41, 5.74) is 0.418. The molecule has 0 amide bonds. The van der Waals surface area contributed by atoms with Gasteiger partial charge in [0.25, 0.3) is 10.1 Å². The molecule has 2 rings (SSSR count). The highest BCUT2D eigenvalue weighted by atomic mass is 32.3. The Bertz CT molecular complexity index is 1050. The van der Waals surface area contributed by atoms with E-state index in [0.29, 0.717) is 21.2 Å². The van der Waals surface area contributed by atoms with Gasteiger partial charge in [-0.25, -0.2) is 0 Å². The molecule has 2 aromatic rings. The number of benzene rings is 2. The highest BCUT2D eigenvalue weighted by Gasteiger charge is 2.17. The minimum Gasteiger partial charge on any atom is -0.412 e. The minimum absolute atomic E-state index is 0. The maximum Gasteiger partial charge on any atom is 0.433 e. The Morgan fingerprint density at radius 1 is 1.08 bits per heavy atom. The standard InChI is InChI=1S/C13H10O8S3.H2O/c1-9-2-3-10-8-11(22-7-6-20-21-24(17,18)19)4-5-12(10)13(9)23(14,15)16;/h2-5,8H,1H3,(H,14,15,16)(H,17,18,19);1H2. The van der Waals surface area contributed by atoms with Crippen LogP contribution in [0.4, 0.5) is 0 Å². The van der Waals surface area contributed by atoms with Gasteiger partial charge < -0.3 is 5.48 Å². The summed E-state index contributed by atoms with van der Waals surface area (Å²) in [6.07, 6.45) is 1.90. The fourth-order valence-electron chi connectivity index (χ4n) is 1.95. The van der Waals surface area contributed by atoms with Gasteiger partial charge >= 0.3 is 10.4 Å². The highest BCUT2D eigenvalue weighted by Crippen LogP contribution is 2.29. The van der Waals surface area contributed by atoms with Crippen molar-refractivity contribution in [2.24, 2.45) is 0 Å². The van der Waals surface area contributed by atoms with E-state index in [4.69, 9.17) is 4.55 Å². The molecule has 2 aromatic carbocycles. The molecule has 0 aliphatic rings. The van der Waals surface area contributed by atoms with E-state index < -0.39 is 20.5 Å². The summed E-state index contributed by atoms with van der Waals surface area (Å²) in [4.78, 5) is 4.40. The van der Waals surface area contributed by atoms with Gasteiger partial charge in [-0.2, -0.15) is 16.8 Å². The second kappa shape index (κ2) is 8.02. The van der Waals surface area contributed by atoms with Gasteiger partial charge in [0.2, 0.25) is 0 Å². The van der Waals surface area contributed by atoms with Crippen molar-refractivity contribution in [3.8, 4) is 11.4 Å². The van der Waals surface area contributed by atoms with Crippen molar-refractivity contribution in [1.82, 2.24) is 0 Å². The molecule has 0 unspecified atom stereocenters. The van der Waals surface area contributed by atoms with Gasteiger partial charge in [0, 0.05) is 15.5 Å². The predicted octanol–water partition coefficient (Wildman–Crippen LogP) is 1.33. The molecule has 0 aliphatic carbocycles. The topological polar surface area (TPSA) is 159 Å². The second-order valence-corrected chi connectivity index (χ2v) is 7.68. The van der Waals surface area contributed by atoms with E-state index in [0.717, 1.165) is 11.8 Å². The molecule has 0 saturated heterocycles. The van der Waals surface area contributed by atoms with Gasteiger partial charge in [-0.1, -0.05) is 18.2 Å². The number of aryl methyl sites for hydroxylation is 1. The monoisotopic (exact) mass is 408 g/mol. The van der Waals surface area contributed by atoms with Crippen LogP contribution in [0.1, 0.15) is 5.56 Å². The molecule has 0 aliphatic heterocycles. The molecular weight excluding hydrogens is 396 g/mol. The molecule has 0 atom stereocenters. The highest BCUT2D eigenvalue weighted by molar-refractivity contribution is 8.04. The van der Waals surface area contributed by atoms with Gasteiger partial charge in [-0.15, -0.1) is 0 Å². The molecule has 0 fully saturated rings. The molecule has 12 heteroatoms. The Hall–Kier alpha value is -1.85. The quantitative estimate of drug-likeness (QED) is 0.250. The number of fused-ring (bicyclic) bond motifs is 1. The summed E-state index contributed by atoms with van der Waals surface area (Å²) in [6, 6.07) is 7.97. The van der Waals surface area contributed by atoms with Crippen LogP contribution in [0.5, 0.6) is 0 Å². The lowest BCUT2D eigenvalue weighted by atomic mass is 10.1. The van der Waals surface area contributed by atoms with Crippen molar-refractivity contribution >= 4 is 43.1 Å². The number of hydrogen-bond donors (Lipinski definition) is 2. The van der Waals surface area contributed by atoms with Crippen LogP contribution in [0.25, 0.3) is 10.8 Å². The zero-order chi connectivity index (χ0) is 18.0. The van der Waals surface area contributed by atoms with Crippen LogP contribution in [0.15, 0.2) is 40.1 Å². The first-order chi connectivity index (χ1) is 11.1. The molecular formula is C13H12O9S3. The lowest BCUT2D eigenvalue weighted by Crippen LogP contribution is -2.02. The van der Waals surface area contributed by atoms with Crippen molar-refractivity contribution in [1.29, 1.82) is 0 Å². The van der Waals surface area contributed by atoms with E-state index in [2.05, 4.69) is 14.5 Å². The van der Waals surface area contributed by atoms with Crippen molar-refractivity contribution in [2.45, 2.75) is 16.7 Å². The molecule has 0 heterocycles. The Morgan fingerprint density at radius 2 is 1.76 bits per heavy atom. The van der Waals surface area contributed by atoms with E-state index in [1.165, 1.54) is 6.07 Å². The first-order valence-electron chi connectivity index (χ1n) is 6.08. The van der Waals surface area contributed by atoms with Crippen LogP contribution in [0.3, 0.4) is 0 Å². The van der Waals surface area contributed by atoms with Crippen molar-refractivity contribution in [3.05, 3.63) is 35.9 Å². The summed E-state index contributed by atoms with van der Waals surface area (Å²) in [5.74, 6) is 0. The third-order valence-corrected chi connectivity index (χ3v) is 4.74. The first kappa shape index (κ1) is 21.2. The third-order valence-electron chi connectivity index (χ3n) is 2.77. The van der Waals surface area contributed by atoms with Crippen LogP contribution in [0, 0.1) is 18.3 Å². The Balaban J connectivity index is 0.00000312. The molecule has 25 heavy (non-hydrogen) atoms. The van der Waals surface area contributed by atoms with E-state index in [1.54, 1.807) is 31.2 Å². The fourth-order valence-corrected chi connectivity index (χ4v) is 3.53. The predicted molar refractivity (Wildman–Crippen MR) is 89.5 cm³/mol. The van der Waals surface area contributed by atoms with E-state index in [-0.39, 0.29) is 10.4 Å². The van der Waals surface area contributed by atoms with Gasteiger partial charge in [0.15, 0.2) is 6.11 Å². The maximum atomic E-state index is 11.5. The van der Waals surface area contributed by atoms with Crippen LogP contribution in [-0.2, 0) is 29.7 Å². The molecule has 0 spiro atoms. The largest absolute Gasteiger partial charge is 0.433 e.